The number of sulfonamides is 1. The van der Waals surface area contributed by atoms with E-state index in [4.69, 9.17) is 14.6 Å². The minimum atomic E-state index is -4.66. The highest BCUT2D eigenvalue weighted by Crippen LogP contribution is 2.36. The smallest absolute Gasteiger partial charge is 0.415 e. The molecule has 0 aliphatic carbocycles. The van der Waals surface area contributed by atoms with Gasteiger partial charge in [0, 0.05) is 17.5 Å². The normalized spacial score (nSPS) is 14.9. The number of nitrogens with one attached hydrogen (secondary N) is 1. The zero-order chi connectivity index (χ0) is 34.0. The van der Waals surface area contributed by atoms with Gasteiger partial charge in [0.2, 0.25) is 10.0 Å². The van der Waals surface area contributed by atoms with Crippen molar-refractivity contribution in [3.8, 4) is 17.6 Å². The number of primary sulfonamides is 1. The van der Waals surface area contributed by atoms with Crippen molar-refractivity contribution >= 4 is 38.4 Å². The van der Waals surface area contributed by atoms with E-state index in [1.807, 2.05) is 7.05 Å². The van der Waals surface area contributed by atoms with E-state index >= 15 is 4.39 Å². The van der Waals surface area contributed by atoms with Crippen molar-refractivity contribution in [3.63, 3.8) is 0 Å². The number of carbonyl (C=O) groups is 1. The molecule has 0 spiro atoms. The Kier molecular flexibility index (Phi) is 10.1. The largest absolute Gasteiger partial charge is 0.495 e. The van der Waals surface area contributed by atoms with Crippen LogP contribution in [-0.4, -0.2) is 75.6 Å². The van der Waals surface area contributed by atoms with Crippen LogP contribution in [0.3, 0.4) is 0 Å². The lowest BCUT2D eigenvalue weighted by atomic mass is 10.0. The average molecular weight is 668 g/mol. The second-order valence-electron chi connectivity index (χ2n) is 12.0. The number of amides is 1. The Morgan fingerprint density at radius 3 is 2.39 bits per heavy atom. The predicted molar refractivity (Wildman–Crippen MR) is 167 cm³/mol. The molecule has 4 rings (SSSR count). The predicted octanol–water partition coefficient (Wildman–Crippen LogP) is 5.30. The van der Waals surface area contributed by atoms with Gasteiger partial charge in [-0.1, -0.05) is 5.92 Å². The van der Waals surface area contributed by atoms with Gasteiger partial charge in [-0.25, -0.2) is 22.7 Å². The SMILES string of the molecule is COc1cc(S(N)(=O)=O)ccc1NCC#Cc1cc2c(N(C(=O)OC(C)(C)C)C3CCN(C)CC3)cc(F)cc2n1CC(F)(F)F. The molecule has 0 bridgehead atoms. The molecule has 46 heavy (non-hydrogen) atoms. The lowest BCUT2D eigenvalue weighted by molar-refractivity contribution is -0.140. The number of rotatable bonds is 7. The van der Waals surface area contributed by atoms with Crippen LogP contribution in [0.4, 0.5) is 33.7 Å². The molecule has 1 amide bonds. The summed E-state index contributed by atoms with van der Waals surface area (Å²) in [6.45, 7) is 4.91. The highest BCUT2D eigenvalue weighted by atomic mass is 32.2. The molecule has 0 atom stereocenters. The number of hydrogen-bond donors (Lipinski definition) is 2. The highest BCUT2D eigenvalue weighted by Gasteiger charge is 2.35. The first kappa shape index (κ1) is 34.9. The number of nitrogens with two attached hydrogens (primary N) is 1. The first-order valence-electron chi connectivity index (χ1n) is 14.4. The number of nitrogens with zero attached hydrogens (tertiary/aromatic N) is 3. The third-order valence-electron chi connectivity index (χ3n) is 7.29. The van der Waals surface area contributed by atoms with E-state index in [1.54, 1.807) is 20.8 Å². The Bertz CT molecular complexity index is 1770. The third kappa shape index (κ3) is 8.62. The van der Waals surface area contributed by atoms with Crippen LogP contribution in [0.1, 0.15) is 39.3 Å². The van der Waals surface area contributed by atoms with Crippen LogP contribution >= 0.6 is 0 Å². The number of anilines is 2. The highest BCUT2D eigenvalue weighted by molar-refractivity contribution is 7.89. The number of carbonyl (C=O) groups excluding carboxylic acids is 1. The Balaban J connectivity index is 1.77. The Hall–Kier alpha value is -4.00. The first-order chi connectivity index (χ1) is 21.4. The summed E-state index contributed by atoms with van der Waals surface area (Å²) in [6, 6.07) is 7.08. The number of alkyl halides is 3. The van der Waals surface area contributed by atoms with Crippen LogP contribution in [0.2, 0.25) is 0 Å². The molecule has 0 saturated carbocycles. The summed E-state index contributed by atoms with van der Waals surface area (Å²) in [4.78, 5) is 16.9. The molecular formula is C31H37F4N5O5S. The minimum Gasteiger partial charge on any atom is -0.495 e. The molecule has 1 aliphatic heterocycles. The molecule has 15 heteroatoms. The van der Waals surface area contributed by atoms with E-state index < -0.39 is 40.3 Å². The standard InChI is InChI=1S/C31H37F4N5O5S/c1-30(2,3)45-29(41)40(21-10-13-38(4)14-11-21)27-16-20(32)15-26-24(27)17-22(39(26)19-31(33,34)35)7-6-12-37-25-9-8-23(46(36,42)43)18-28(25)44-5/h8-9,15-18,21,37H,10-14,19H2,1-5H3,(H2,36,42,43). The number of piperidine rings is 1. The maximum absolute atomic E-state index is 15.2. The van der Waals surface area contributed by atoms with Crippen molar-refractivity contribution in [2.45, 2.75) is 62.9 Å². The third-order valence-corrected chi connectivity index (χ3v) is 8.20. The van der Waals surface area contributed by atoms with Crippen molar-refractivity contribution in [3.05, 3.63) is 47.9 Å². The van der Waals surface area contributed by atoms with Crippen molar-refractivity contribution in [2.75, 3.05) is 44.0 Å². The molecule has 2 aromatic carbocycles. The quantitative estimate of drug-likeness (QED) is 0.260. The number of aromatic nitrogens is 1. The zero-order valence-corrected chi connectivity index (χ0v) is 27.0. The van der Waals surface area contributed by atoms with Crippen LogP contribution in [-0.2, 0) is 21.3 Å². The van der Waals surface area contributed by atoms with E-state index in [0.29, 0.717) is 31.6 Å². The summed E-state index contributed by atoms with van der Waals surface area (Å²) in [6.07, 6.45) is -4.28. The zero-order valence-electron chi connectivity index (χ0n) is 26.2. The number of methoxy groups -OCH3 is 1. The molecule has 1 saturated heterocycles. The van der Waals surface area contributed by atoms with Gasteiger partial charge >= 0.3 is 12.3 Å². The molecule has 250 valence electrons. The number of benzene rings is 2. The van der Waals surface area contributed by atoms with Gasteiger partial charge in [0.1, 0.15) is 23.7 Å². The van der Waals surface area contributed by atoms with E-state index in [1.165, 1.54) is 36.3 Å². The van der Waals surface area contributed by atoms with Crippen molar-refractivity contribution in [1.29, 1.82) is 0 Å². The van der Waals surface area contributed by atoms with Crippen molar-refractivity contribution in [2.24, 2.45) is 5.14 Å². The van der Waals surface area contributed by atoms with Gasteiger partial charge < -0.3 is 24.3 Å². The molecular weight excluding hydrogens is 630 g/mol. The monoisotopic (exact) mass is 667 g/mol. The van der Waals surface area contributed by atoms with Crippen LogP contribution in [0.25, 0.3) is 10.9 Å². The van der Waals surface area contributed by atoms with Crippen LogP contribution in [0.5, 0.6) is 5.75 Å². The summed E-state index contributed by atoms with van der Waals surface area (Å²) < 4.78 is 91.7. The van der Waals surface area contributed by atoms with Gasteiger partial charge in [0.25, 0.3) is 0 Å². The van der Waals surface area contributed by atoms with Gasteiger partial charge in [-0.3, -0.25) is 4.90 Å². The maximum Gasteiger partial charge on any atom is 0.415 e. The molecule has 0 radical (unpaired) electrons. The summed E-state index contributed by atoms with van der Waals surface area (Å²) in [7, 11) is -0.698. The van der Waals surface area contributed by atoms with Crippen molar-refractivity contribution < 1.29 is 40.2 Å². The van der Waals surface area contributed by atoms with E-state index in [2.05, 4.69) is 22.1 Å². The fourth-order valence-corrected chi connectivity index (χ4v) is 5.76. The second-order valence-corrected chi connectivity index (χ2v) is 13.6. The average Bonchev–Trinajstić information content (AvgIpc) is 3.26. The van der Waals surface area contributed by atoms with Gasteiger partial charge in [-0.15, -0.1) is 0 Å². The number of halogens is 4. The number of likely N-dealkylation sites (tertiary alicyclic amines) is 1. The molecule has 2 heterocycles. The molecule has 10 nitrogen and oxygen atoms in total. The second kappa shape index (κ2) is 13.4. The van der Waals surface area contributed by atoms with Gasteiger partial charge in [0.15, 0.2) is 0 Å². The molecule has 3 aromatic rings. The topological polar surface area (TPSA) is 119 Å². The van der Waals surface area contributed by atoms with E-state index in [0.717, 1.165) is 16.7 Å². The molecule has 3 N–H and O–H groups in total. The van der Waals surface area contributed by atoms with E-state index in [-0.39, 0.29) is 45.5 Å². The Labute approximate surface area is 265 Å². The van der Waals surface area contributed by atoms with Gasteiger partial charge in [-0.05, 0) is 90.0 Å². The van der Waals surface area contributed by atoms with Crippen LogP contribution in [0, 0.1) is 17.7 Å². The molecule has 0 unspecified atom stereocenters. The Morgan fingerprint density at radius 1 is 1.13 bits per heavy atom. The molecule has 1 aliphatic rings. The number of hydrogen-bond acceptors (Lipinski definition) is 7. The van der Waals surface area contributed by atoms with Crippen LogP contribution in [0.15, 0.2) is 41.3 Å². The minimum absolute atomic E-state index is 0.0509. The van der Waals surface area contributed by atoms with Gasteiger partial charge in [-0.2, -0.15) is 13.2 Å². The van der Waals surface area contributed by atoms with E-state index in [9.17, 15) is 26.4 Å². The maximum atomic E-state index is 15.2. The molecule has 1 aromatic heterocycles. The fraction of sp³-hybridized carbons (Fsp3) is 0.452. The summed E-state index contributed by atoms with van der Waals surface area (Å²) >= 11 is 0. The first-order valence-corrected chi connectivity index (χ1v) is 15.9. The van der Waals surface area contributed by atoms with Crippen molar-refractivity contribution in [1.82, 2.24) is 9.47 Å². The summed E-state index contributed by atoms with van der Waals surface area (Å²) in [5.41, 5.74) is -0.534. The lowest BCUT2D eigenvalue weighted by Gasteiger charge is -2.38. The summed E-state index contributed by atoms with van der Waals surface area (Å²) in [5.74, 6) is 4.85. The van der Waals surface area contributed by atoms with Crippen LogP contribution < -0.4 is 20.1 Å². The number of fused-ring (bicyclic) bond motifs is 1. The lowest BCUT2D eigenvalue weighted by Crippen LogP contribution is -2.48. The fourth-order valence-electron chi connectivity index (χ4n) is 5.23. The number of ether oxygens (including phenoxy) is 2. The Morgan fingerprint density at radius 2 is 1.80 bits per heavy atom. The summed E-state index contributed by atoms with van der Waals surface area (Å²) in [5, 5.41) is 8.33. The molecule has 1 fully saturated rings. The van der Waals surface area contributed by atoms with Gasteiger partial charge in [0.05, 0.1) is 41.1 Å².